The number of hydrogen-bond donors (Lipinski definition) is 1. The predicted octanol–water partition coefficient (Wildman–Crippen LogP) is 2.90. The highest BCUT2D eigenvalue weighted by Gasteiger charge is 2.18. The van der Waals surface area contributed by atoms with E-state index < -0.39 is 4.92 Å². The Morgan fingerprint density at radius 3 is 2.35 bits per heavy atom. The van der Waals surface area contributed by atoms with E-state index in [1.54, 1.807) is 12.1 Å². The summed E-state index contributed by atoms with van der Waals surface area (Å²) in [6, 6.07) is 17.1. The van der Waals surface area contributed by atoms with Crippen molar-refractivity contribution < 1.29 is 4.92 Å². The number of nitro groups is 1. The number of non-ortho nitro benzene ring substituents is 1. The Balaban J connectivity index is 2.13. The van der Waals surface area contributed by atoms with Crippen molar-refractivity contribution in [3.05, 3.63) is 70.4 Å². The first-order valence-electron chi connectivity index (χ1n) is 6.70. The molecule has 0 atom stereocenters. The minimum absolute atomic E-state index is 0.0182. The Morgan fingerprint density at radius 2 is 1.78 bits per heavy atom. The lowest BCUT2D eigenvalue weighted by Crippen LogP contribution is -1.99. The van der Waals surface area contributed by atoms with E-state index in [1.807, 2.05) is 36.4 Å². The van der Waals surface area contributed by atoms with Crippen LogP contribution >= 0.6 is 0 Å². The molecule has 1 heterocycles. The van der Waals surface area contributed by atoms with Gasteiger partial charge in [-0.05, 0) is 24.3 Å². The number of benzene rings is 2. The molecule has 2 N–H and O–H groups in total. The van der Waals surface area contributed by atoms with Gasteiger partial charge in [0, 0.05) is 17.7 Å². The monoisotopic (exact) mass is 305 g/mol. The van der Waals surface area contributed by atoms with E-state index in [1.165, 1.54) is 16.8 Å². The molecule has 0 unspecified atom stereocenters. The normalized spacial score (nSPS) is 10.2. The van der Waals surface area contributed by atoms with Crippen LogP contribution in [-0.2, 0) is 0 Å². The fourth-order valence-electron chi connectivity index (χ4n) is 2.25. The molecule has 0 radical (unpaired) electrons. The van der Waals surface area contributed by atoms with Gasteiger partial charge in [0.2, 0.25) is 0 Å². The SMILES string of the molecule is N#Cc1c(N)c(-c2ccc([N+](=O)[O-])cc2)nn1-c1ccccc1. The fourth-order valence-corrected chi connectivity index (χ4v) is 2.25. The molecule has 112 valence electrons. The lowest BCUT2D eigenvalue weighted by atomic mass is 10.1. The second-order valence-electron chi connectivity index (χ2n) is 4.77. The minimum atomic E-state index is -0.476. The minimum Gasteiger partial charge on any atom is -0.395 e. The van der Waals surface area contributed by atoms with Gasteiger partial charge in [-0.3, -0.25) is 10.1 Å². The van der Waals surface area contributed by atoms with Gasteiger partial charge < -0.3 is 5.73 Å². The van der Waals surface area contributed by atoms with Crippen molar-refractivity contribution in [2.75, 3.05) is 5.73 Å². The number of nitrogens with zero attached hydrogens (tertiary/aromatic N) is 4. The van der Waals surface area contributed by atoms with Crippen LogP contribution in [-0.4, -0.2) is 14.7 Å². The van der Waals surface area contributed by atoms with Crippen molar-refractivity contribution >= 4 is 11.4 Å². The van der Waals surface area contributed by atoms with Crippen molar-refractivity contribution in [3.8, 4) is 23.0 Å². The second kappa shape index (κ2) is 5.61. The molecule has 0 amide bonds. The van der Waals surface area contributed by atoms with Gasteiger partial charge in [0.05, 0.1) is 16.3 Å². The van der Waals surface area contributed by atoms with Crippen LogP contribution < -0.4 is 5.73 Å². The average Bonchev–Trinajstić information content (AvgIpc) is 2.92. The van der Waals surface area contributed by atoms with Crippen molar-refractivity contribution in [2.45, 2.75) is 0 Å². The topological polar surface area (TPSA) is 111 Å². The molecule has 0 spiro atoms. The highest BCUT2D eigenvalue weighted by atomic mass is 16.6. The Morgan fingerprint density at radius 1 is 1.13 bits per heavy atom. The van der Waals surface area contributed by atoms with Gasteiger partial charge in [-0.1, -0.05) is 18.2 Å². The van der Waals surface area contributed by atoms with E-state index in [4.69, 9.17) is 5.73 Å². The van der Waals surface area contributed by atoms with Crippen molar-refractivity contribution in [1.82, 2.24) is 9.78 Å². The summed E-state index contributed by atoms with van der Waals surface area (Å²) in [5.74, 6) is 0. The number of rotatable bonds is 3. The lowest BCUT2D eigenvalue weighted by Gasteiger charge is -2.01. The second-order valence-corrected chi connectivity index (χ2v) is 4.77. The maximum absolute atomic E-state index is 10.7. The molecule has 0 bridgehead atoms. The van der Waals surface area contributed by atoms with Crippen LogP contribution in [0.5, 0.6) is 0 Å². The summed E-state index contributed by atoms with van der Waals surface area (Å²) >= 11 is 0. The molecule has 2 aromatic carbocycles. The van der Waals surface area contributed by atoms with Crippen molar-refractivity contribution in [2.24, 2.45) is 0 Å². The molecular formula is C16H11N5O2. The first-order chi connectivity index (χ1) is 11.1. The number of anilines is 1. The summed E-state index contributed by atoms with van der Waals surface area (Å²) in [6.45, 7) is 0. The molecule has 0 saturated heterocycles. The van der Waals surface area contributed by atoms with Gasteiger partial charge in [0.25, 0.3) is 5.69 Å². The number of para-hydroxylation sites is 1. The molecular weight excluding hydrogens is 294 g/mol. The molecule has 0 aliphatic carbocycles. The molecule has 3 rings (SSSR count). The van der Waals surface area contributed by atoms with E-state index in [0.29, 0.717) is 16.9 Å². The van der Waals surface area contributed by atoms with Crippen molar-refractivity contribution in [1.29, 1.82) is 5.26 Å². The fraction of sp³-hybridized carbons (Fsp3) is 0. The standard InChI is InChI=1S/C16H11N5O2/c17-10-14-15(18)16(11-6-8-13(9-7-11)21(22)23)19-20(14)12-4-2-1-3-5-12/h1-9H,18H2. The highest BCUT2D eigenvalue weighted by molar-refractivity contribution is 5.77. The summed E-state index contributed by atoms with van der Waals surface area (Å²) < 4.78 is 1.46. The first kappa shape index (κ1) is 14.3. The third kappa shape index (κ3) is 2.49. The summed E-state index contributed by atoms with van der Waals surface area (Å²) in [5, 5.41) is 24.5. The summed E-state index contributed by atoms with van der Waals surface area (Å²) in [7, 11) is 0. The zero-order valence-corrected chi connectivity index (χ0v) is 11.9. The third-order valence-electron chi connectivity index (χ3n) is 3.38. The molecule has 3 aromatic rings. The van der Waals surface area contributed by atoms with E-state index in [-0.39, 0.29) is 17.1 Å². The van der Waals surface area contributed by atoms with Gasteiger partial charge >= 0.3 is 0 Å². The quantitative estimate of drug-likeness (QED) is 0.590. The predicted molar refractivity (Wildman–Crippen MR) is 84.8 cm³/mol. The van der Waals surface area contributed by atoms with Gasteiger partial charge in [0.15, 0.2) is 5.69 Å². The Labute approximate surface area is 131 Å². The van der Waals surface area contributed by atoms with E-state index in [0.717, 1.165) is 0 Å². The number of nitrogens with two attached hydrogens (primary N) is 1. The van der Waals surface area contributed by atoms with Gasteiger partial charge in [-0.2, -0.15) is 10.4 Å². The molecule has 0 saturated carbocycles. The largest absolute Gasteiger partial charge is 0.395 e. The zero-order chi connectivity index (χ0) is 16.4. The summed E-state index contributed by atoms with van der Waals surface area (Å²) in [6.07, 6.45) is 0. The Kier molecular flexibility index (Phi) is 3.49. The molecule has 1 aromatic heterocycles. The van der Waals surface area contributed by atoms with Gasteiger partial charge in [-0.25, -0.2) is 4.68 Å². The van der Waals surface area contributed by atoms with Gasteiger partial charge in [-0.15, -0.1) is 0 Å². The number of nitrogen functional groups attached to an aromatic ring is 1. The number of nitro benzene ring substituents is 1. The maximum Gasteiger partial charge on any atom is 0.269 e. The van der Waals surface area contributed by atoms with Crippen LogP contribution in [0.2, 0.25) is 0 Å². The van der Waals surface area contributed by atoms with Gasteiger partial charge in [0.1, 0.15) is 11.8 Å². The van der Waals surface area contributed by atoms with Crippen LogP contribution in [0.4, 0.5) is 11.4 Å². The highest BCUT2D eigenvalue weighted by Crippen LogP contribution is 2.30. The Bertz CT molecular complexity index is 908. The molecule has 0 aliphatic rings. The molecule has 7 nitrogen and oxygen atoms in total. The smallest absolute Gasteiger partial charge is 0.269 e. The molecule has 7 heteroatoms. The molecule has 23 heavy (non-hydrogen) atoms. The van der Waals surface area contributed by atoms with Crippen LogP contribution in [0.1, 0.15) is 5.69 Å². The molecule has 0 fully saturated rings. The summed E-state index contributed by atoms with van der Waals surface area (Å²) in [4.78, 5) is 10.2. The van der Waals surface area contributed by atoms with Crippen LogP contribution in [0, 0.1) is 21.4 Å². The van der Waals surface area contributed by atoms with E-state index in [9.17, 15) is 15.4 Å². The number of hydrogen-bond acceptors (Lipinski definition) is 5. The maximum atomic E-state index is 10.7. The van der Waals surface area contributed by atoms with Crippen LogP contribution in [0.3, 0.4) is 0 Å². The van der Waals surface area contributed by atoms with E-state index in [2.05, 4.69) is 5.10 Å². The third-order valence-corrected chi connectivity index (χ3v) is 3.38. The van der Waals surface area contributed by atoms with E-state index >= 15 is 0 Å². The van der Waals surface area contributed by atoms with Crippen molar-refractivity contribution in [3.63, 3.8) is 0 Å². The number of nitriles is 1. The molecule has 0 aliphatic heterocycles. The average molecular weight is 305 g/mol. The summed E-state index contributed by atoms with van der Waals surface area (Å²) in [5.41, 5.74) is 8.23. The lowest BCUT2D eigenvalue weighted by molar-refractivity contribution is -0.384. The Hall–Kier alpha value is -3.66. The van der Waals surface area contributed by atoms with Crippen LogP contribution in [0.25, 0.3) is 16.9 Å². The number of aromatic nitrogens is 2. The van der Waals surface area contributed by atoms with Crippen LogP contribution in [0.15, 0.2) is 54.6 Å². The first-order valence-corrected chi connectivity index (χ1v) is 6.70. The zero-order valence-electron chi connectivity index (χ0n) is 11.9.